The van der Waals surface area contributed by atoms with Gasteiger partial charge in [-0.2, -0.15) is 0 Å². The molecule has 0 saturated heterocycles. The Morgan fingerprint density at radius 1 is 1.09 bits per heavy atom. The first kappa shape index (κ1) is 15.5. The topological polar surface area (TPSA) is 72.8 Å². The van der Waals surface area contributed by atoms with Gasteiger partial charge < -0.3 is 14.6 Å². The van der Waals surface area contributed by atoms with E-state index in [-0.39, 0.29) is 16.9 Å². The van der Waals surface area contributed by atoms with Gasteiger partial charge in [0.2, 0.25) is 0 Å². The second-order valence-electron chi connectivity index (χ2n) is 4.38. The molecule has 114 valence electrons. The Bertz CT molecular complexity index is 739. The Kier molecular flexibility index (Phi) is 4.41. The van der Waals surface area contributed by atoms with Crippen molar-refractivity contribution >= 4 is 11.9 Å². The number of ether oxygens (including phenoxy) is 2. The van der Waals surface area contributed by atoms with Gasteiger partial charge in [-0.3, -0.25) is 0 Å². The Morgan fingerprint density at radius 2 is 1.82 bits per heavy atom. The third kappa shape index (κ3) is 2.76. The largest absolute Gasteiger partial charge is 0.495 e. The van der Waals surface area contributed by atoms with Crippen LogP contribution >= 0.6 is 0 Å². The number of carbonyl (C=O) groups is 2. The van der Waals surface area contributed by atoms with Crippen LogP contribution in [0.2, 0.25) is 0 Å². The second-order valence-corrected chi connectivity index (χ2v) is 4.38. The van der Waals surface area contributed by atoms with Gasteiger partial charge >= 0.3 is 11.9 Å². The summed E-state index contributed by atoms with van der Waals surface area (Å²) in [5, 5.41) is 9.18. The van der Waals surface area contributed by atoms with Crippen LogP contribution in [0.5, 0.6) is 5.75 Å². The molecule has 22 heavy (non-hydrogen) atoms. The van der Waals surface area contributed by atoms with Gasteiger partial charge in [0.25, 0.3) is 0 Å². The highest BCUT2D eigenvalue weighted by Gasteiger charge is 2.18. The smallest absolute Gasteiger partial charge is 0.340 e. The van der Waals surface area contributed by atoms with Crippen molar-refractivity contribution < 1.29 is 28.6 Å². The lowest BCUT2D eigenvalue weighted by Crippen LogP contribution is -2.05. The average Bonchev–Trinajstić information content (AvgIpc) is 2.53. The number of hydrogen-bond acceptors (Lipinski definition) is 4. The maximum atomic E-state index is 13.7. The van der Waals surface area contributed by atoms with Gasteiger partial charge in [0.05, 0.1) is 19.8 Å². The van der Waals surface area contributed by atoms with E-state index >= 15 is 0 Å². The van der Waals surface area contributed by atoms with Crippen LogP contribution in [-0.2, 0) is 4.74 Å². The summed E-state index contributed by atoms with van der Waals surface area (Å²) in [5.41, 5.74) is 0.626. The molecule has 5 nitrogen and oxygen atoms in total. The van der Waals surface area contributed by atoms with Crippen LogP contribution in [0.3, 0.4) is 0 Å². The van der Waals surface area contributed by atoms with Crippen molar-refractivity contribution in [3.8, 4) is 16.9 Å². The average molecular weight is 304 g/mol. The molecule has 1 N–H and O–H groups in total. The van der Waals surface area contributed by atoms with Crippen molar-refractivity contribution in [1.29, 1.82) is 0 Å². The van der Waals surface area contributed by atoms with E-state index in [4.69, 9.17) is 4.74 Å². The maximum Gasteiger partial charge on any atom is 0.340 e. The lowest BCUT2D eigenvalue weighted by atomic mass is 9.99. The maximum absolute atomic E-state index is 13.7. The molecule has 0 unspecified atom stereocenters. The Morgan fingerprint density at radius 3 is 2.41 bits per heavy atom. The lowest BCUT2D eigenvalue weighted by Gasteiger charge is -2.12. The number of esters is 1. The molecule has 0 atom stereocenters. The SMILES string of the molecule is COC(=O)c1cc(-c2cccc(C(=O)O)c2OC)ccc1F. The van der Waals surface area contributed by atoms with Gasteiger partial charge in [-0.1, -0.05) is 18.2 Å². The zero-order chi connectivity index (χ0) is 16.3. The number of rotatable bonds is 4. The summed E-state index contributed by atoms with van der Waals surface area (Å²) < 4.78 is 23.4. The predicted octanol–water partition coefficient (Wildman–Crippen LogP) is 2.99. The first-order valence-electron chi connectivity index (χ1n) is 6.28. The van der Waals surface area contributed by atoms with Gasteiger partial charge in [0.15, 0.2) is 0 Å². The lowest BCUT2D eigenvalue weighted by molar-refractivity contribution is 0.0594. The van der Waals surface area contributed by atoms with Crippen molar-refractivity contribution in [3.63, 3.8) is 0 Å². The van der Waals surface area contributed by atoms with Crippen LogP contribution < -0.4 is 4.74 Å². The second kappa shape index (κ2) is 6.26. The number of carboxylic acids is 1. The van der Waals surface area contributed by atoms with E-state index < -0.39 is 17.8 Å². The van der Waals surface area contributed by atoms with Crippen LogP contribution in [0.15, 0.2) is 36.4 Å². The predicted molar refractivity (Wildman–Crippen MR) is 76.7 cm³/mol. The minimum Gasteiger partial charge on any atom is -0.495 e. The highest BCUT2D eigenvalue weighted by molar-refractivity contribution is 5.95. The molecule has 0 aliphatic heterocycles. The monoisotopic (exact) mass is 304 g/mol. The van der Waals surface area contributed by atoms with Crippen molar-refractivity contribution in [2.24, 2.45) is 0 Å². The number of para-hydroxylation sites is 1. The third-order valence-electron chi connectivity index (χ3n) is 3.13. The molecule has 0 fully saturated rings. The molecule has 0 heterocycles. The number of methoxy groups -OCH3 is 2. The van der Waals surface area contributed by atoms with Gasteiger partial charge in [-0.15, -0.1) is 0 Å². The van der Waals surface area contributed by atoms with Crippen molar-refractivity contribution in [1.82, 2.24) is 0 Å². The van der Waals surface area contributed by atoms with E-state index in [1.807, 2.05) is 0 Å². The number of aromatic carboxylic acids is 1. The third-order valence-corrected chi connectivity index (χ3v) is 3.13. The molecule has 0 bridgehead atoms. The van der Waals surface area contributed by atoms with E-state index in [9.17, 15) is 19.1 Å². The van der Waals surface area contributed by atoms with Crippen LogP contribution in [-0.4, -0.2) is 31.3 Å². The van der Waals surface area contributed by atoms with Gasteiger partial charge in [-0.05, 0) is 23.8 Å². The molecule has 0 aliphatic carbocycles. The quantitative estimate of drug-likeness (QED) is 0.879. The molecule has 6 heteroatoms. The standard InChI is InChI=1S/C16H13FO5/c1-21-14-10(4-3-5-11(14)15(18)19)9-6-7-13(17)12(8-9)16(20)22-2/h3-8H,1-2H3,(H,18,19). The normalized spacial score (nSPS) is 10.1. The fourth-order valence-electron chi connectivity index (χ4n) is 2.11. The van der Waals surface area contributed by atoms with Gasteiger partial charge in [0.1, 0.15) is 17.1 Å². The summed E-state index contributed by atoms with van der Waals surface area (Å²) in [6.07, 6.45) is 0. The highest BCUT2D eigenvalue weighted by Crippen LogP contribution is 2.34. The fourth-order valence-corrected chi connectivity index (χ4v) is 2.11. The molecule has 0 amide bonds. The van der Waals surface area contributed by atoms with Crippen LogP contribution in [0.25, 0.3) is 11.1 Å². The first-order chi connectivity index (χ1) is 10.5. The van der Waals surface area contributed by atoms with E-state index in [2.05, 4.69) is 4.74 Å². The molecular weight excluding hydrogens is 291 g/mol. The van der Waals surface area contributed by atoms with Crippen molar-refractivity contribution in [2.45, 2.75) is 0 Å². The molecule has 2 rings (SSSR count). The number of benzene rings is 2. The van der Waals surface area contributed by atoms with Crippen molar-refractivity contribution in [3.05, 3.63) is 53.3 Å². The first-order valence-corrected chi connectivity index (χ1v) is 6.28. The Hall–Kier alpha value is -2.89. The molecule has 0 spiro atoms. The molecule has 0 radical (unpaired) electrons. The summed E-state index contributed by atoms with van der Waals surface area (Å²) in [5.74, 6) is -2.54. The van der Waals surface area contributed by atoms with E-state index in [0.29, 0.717) is 11.1 Å². The van der Waals surface area contributed by atoms with Gasteiger partial charge in [0, 0.05) is 5.56 Å². The van der Waals surface area contributed by atoms with Crippen molar-refractivity contribution in [2.75, 3.05) is 14.2 Å². The highest BCUT2D eigenvalue weighted by atomic mass is 19.1. The van der Waals surface area contributed by atoms with E-state index in [0.717, 1.165) is 13.2 Å². The minimum atomic E-state index is -1.14. The summed E-state index contributed by atoms with van der Waals surface area (Å²) >= 11 is 0. The number of carbonyl (C=O) groups excluding carboxylic acids is 1. The molecule has 0 saturated carbocycles. The number of halogens is 1. The van der Waals surface area contributed by atoms with Gasteiger partial charge in [-0.25, -0.2) is 14.0 Å². The Labute approximate surface area is 125 Å². The molecule has 0 aromatic heterocycles. The summed E-state index contributed by atoms with van der Waals surface area (Å²) in [6.45, 7) is 0. The minimum absolute atomic E-state index is 0.0241. The van der Waals surface area contributed by atoms with Crippen LogP contribution in [0.4, 0.5) is 4.39 Å². The zero-order valence-corrected chi connectivity index (χ0v) is 11.9. The van der Waals surface area contributed by atoms with E-state index in [1.54, 1.807) is 12.1 Å². The van der Waals surface area contributed by atoms with Crippen LogP contribution in [0.1, 0.15) is 20.7 Å². The fraction of sp³-hybridized carbons (Fsp3) is 0.125. The summed E-state index contributed by atoms with van der Waals surface area (Å²) in [7, 11) is 2.50. The van der Waals surface area contributed by atoms with E-state index in [1.165, 1.54) is 25.3 Å². The molecular formula is C16H13FO5. The molecule has 2 aromatic carbocycles. The molecule has 2 aromatic rings. The summed E-state index contributed by atoms with van der Waals surface area (Å²) in [6, 6.07) is 8.42. The zero-order valence-electron chi connectivity index (χ0n) is 11.9. The number of hydrogen-bond donors (Lipinski definition) is 1. The number of carboxylic acid groups (broad SMARTS) is 1. The molecule has 0 aliphatic rings. The van der Waals surface area contributed by atoms with Crippen LogP contribution in [0, 0.1) is 5.82 Å². The summed E-state index contributed by atoms with van der Waals surface area (Å²) in [4.78, 5) is 22.8. The Balaban J connectivity index is 2.64.